The number of hydrogen-bond acceptors (Lipinski definition) is 3. The number of aryl methyl sites for hydroxylation is 1. The second kappa shape index (κ2) is 4.87. The SMILES string of the molecule is CCOc1ccccc1C(=O)c1coc(C)c1. The molecule has 1 aromatic carbocycles. The molecule has 0 aliphatic heterocycles. The van der Waals surface area contributed by atoms with Gasteiger partial charge in [-0.3, -0.25) is 4.79 Å². The van der Waals surface area contributed by atoms with Gasteiger partial charge in [-0.05, 0) is 32.0 Å². The Bertz CT molecular complexity index is 526. The van der Waals surface area contributed by atoms with Gasteiger partial charge < -0.3 is 9.15 Å². The van der Waals surface area contributed by atoms with Crippen LogP contribution in [0.15, 0.2) is 41.0 Å². The van der Waals surface area contributed by atoms with Crippen molar-refractivity contribution in [1.29, 1.82) is 0 Å². The molecule has 0 aliphatic carbocycles. The van der Waals surface area contributed by atoms with Crippen molar-refractivity contribution < 1.29 is 13.9 Å². The lowest BCUT2D eigenvalue weighted by molar-refractivity contribution is 0.103. The third-order valence-electron chi connectivity index (χ3n) is 2.42. The molecule has 0 saturated heterocycles. The fourth-order valence-electron chi connectivity index (χ4n) is 1.65. The van der Waals surface area contributed by atoms with Gasteiger partial charge in [0.25, 0.3) is 0 Å². The molecule has 3 heteroatoms. The quantitative estimate of drug-likeness (QED) is 0.757. The largest absolute Gasteiger partial charge is 0.493 e. The van der Waals surface area contributed by atoms with Crippen molar-refractivity contribution in [3.8, 4) is 5.75 Å². The van der Waals surface area contributed by atoms with E-state index in [1.54, 1.807) is 18.2 Å². The van der Waals surface area contributed by atoms with E-state index in [9.17, 15) is 4.79 Å². The Morgan fingerprint density at radius 2 is 2.12 bits per heavy atom. The molecule has 0 aliphatic rings. The maximum Gasteiger partial charge on any atom is 0.199 e. The lowest BCUT2D eigenvalue weighted by Crippen LogP contribution is -2.04. The fraction of sp³-hybridized carbons (Fsp3) is 0.214. The van der Waals surface area contributed by atoms with Crippen molar-refractivity contribution in [2.24, 2.45) is 0 Å². The van der Waals surface area contributed by atoms with Crippen LogP contribution in [0.3, 0.4) is 0 Å². The maximum absolute atomic E-state index is 12.2. The molecule has 0 saturated carbocycles. The zero-order valence-corrected chi connectivity index (χ0v) is 9.90. The number of ether oxygens (including phenoxy) is 1. The standard InChI is InChI=1S/C14H14O3/c1-3-16-13-7-5-4-6-12(13)14(15)11-8-10(2)17-9-11/h4-9H,3H2,1-2H3. The van der Waals surface area contributed by atoms with Crippen molar-refractivity contribution >= 4 is 5.78 Å². The van der Waals surface area contributed by atoms with E-state index >= 15 is 0 Å². The molecule has 0 unspecified atom stereocenters. The summed E-state index contributed by atoms with van der Waals surface area (Å²) in [5.74, 6) is 1.26. The van der Waals surface area contributed by atoms with Gasteiger partial charge in [-0.2, -0.15) is 0 Å². The van der Waals surface area contributed by atoms with Crippen LogP contribution in [0, 0.1) is 6.92 Å². The minimum absolute atomic E-state index is 0.0779. The number of carbonyl (C=O) groups is 1. The maximum atomic E-state index is 12.2. The summed E-state index contributed by atoms with van der Waals surface area (Å²) in [5.41, 5.74) is 1.12. The van der Waals surface area contributed by atoms with E-state index in [0.717, 1.165) is 5.76 Å². The predicted molar refractivity (Wildman–Crippen MR) is 64.5 cm³/mol. The molecule has 0 bridgehead atoms. The van der Waals surface area contributed by atoms with Crippen molar-refractivity contribution in [2.45, 2.75) is 13.8 Å². The van der Waals surface area contributed by atoms with Gasteiger partial charge in [0.2, 0.25) is 0 Å². The highest BCUT2D eigenvalue weighted by molar-refractivity contribution is 6.10. The van der Waals surface area contributed by atoms with Crippen molar-refractivity contribution in [1.82, 2.24) is 0 Å². The Morgan fingerprint density at radius 3 is 2.76 bits per heavy atom. The molecule has 17 heavy (non-hydrogen) atoms. The molecular weight excluding hydrogens is 216 g/mol. The summed E-state index contributed by atoms with van der Waals surface area (Å²) in [6, 6.07) is 8.95. The van der Waals surface area contributed by atoms with E-state index in [4.69, 9.17) is 9.15 Å². The van der Waals surface area contributed by atoms with Crippen molar-refractivity contribution in [2.75, 3.05) is 6.61 Å². The van der Waals surface area contributed by atoms with E-state index in [0.29, 0.717) is 23.5 Å². The van der Waals surface area contributed by atoms with Crippen LogP contribution in [0.5, 0.6) is 5.75 Å². The first-order valence-corrected chi connectivity index (χ1v) is 5.54. The smallest absolute Gasteiger partial charge is 0.199 e. The Labute approximate surface area is 100 Å². The molecule has 0 fully saturated rings. The molecule has 3 nitrogen and oxygen atoms in total. The van der Waals surface area contributed by atoms with Crippen LogP contribution in [0.4, 0.5) is 0 Å². The Hall–Kier alpha value is -2.03. The van der Waals surface area contributed by atoms with Crippen LogP contribution in [0.1, 0.15) is 28.6 Å². The van der Waals surface area contributed by atoms with E-state index in [1.165, 1.54) is 6.26 Å². The van der Waals surface area contributed by atoms with Gasteiger partial charge >= 0.3 is 0 Å². The van der Waals surface area contributed by atoms with Crippen LogP contribution < -0.4 is 4.74 Å². The third kappa shape index (κ3) is 2.38. The molecular formula is C14H14O3. The van der Waals surface area contributed by atoms with Gasteiger partial charge in [0.05, 0.1) is 17.7 Å². The molecule has 0 atom stereocenters. The van der Waals surface area contributed by atoms with Gasteiger partial charge in [0.1, 0.15) is 17.8 Å². The molecule has 1 heterocycles. The summed E-state index contributed by atoms with van der Waals surface area (Å²) in [7, 11) is 0. The number of ketones is 1. The highest BCUT2D eigenvalue weighted by atomic mass is 16.5. The molecule has 0 N–H and O–H groups in total. The van der Waals surface area contributed by atoms with Gasteiger partial charge in [-0.15, -0.1) is 0 Å². The zero-order chi connectivity index (χ0) is 12.3. The summed E-state index contributed by atoms with van der Waals surface area (Å²) in [6.45, 7) is 4.24. The van der Waals surface area contributed by atoms with Gasteiger partial charge in [-0.25, -0.2) is 0 Å². The third-order valence-corrected chi connectivity index (χ3v) is 2.42. The predicted octanol–water partition coefficient (Wildman–Crippen LogP) is 3.22. The highest BCUT2D eigenvalue weighted by Crippen LogP contribution is 2.22. The van der Waals surface area contributed by atoms with Gasteiger partial charge in [0, 0.05) is 0 Å². The Morgan fingerprint density at radius 1 is 1.35 bits per heavy atom. The summed E-state index contributed by atoms with van der Waals surface area (Å²) >= 11 is 0. The van der Waals surface area contributed by atoms with Crippen molar-refractivity contribution in [3.05, 3.63) is 53.5 Å². The van der Waals surface area contributed by atoms with Crippen LogP contribution in [-0.2, 0) is 0 Å². The lowest BCUT2D eigenvalue weighted by atomic mass is 10.0. The van der Waals surface area contributed by atoms with Crippen molar-refractivity contribution in [3.63, 3.8) is 0 Å². The molecule has 1 aromatic heterocycles. The minimum atomic E-state index is -0.0779. The first-order chi connectivity index (χ1) is 8.22. The van der Waals surface area contributed by atoms with Crippen LogP contribution in [-0.4, -0.2) is 12.4 Å². The lowest BCUT2D eigenvalue weighted by Gasteiger charge is -2.07. The second-order valence-corrected chi connectivity index (χ2v) is 3.70. The number of rotatable bonds is 4. The first kappa shape index (κ1) is 11.5. The van der Waals surface area contributed by atoms with Crippen LogP contribution in [0.2, 0.25) is 0 Å². The average molecular weight is 230 g/mol. The second-order valence-electron chi connectivity index (χ2n) is 3.70. The number of furan rings is 1. The molecule has 2 rings (SSSR count). The first-order valence-electron chi connectivity index (χ1n) is 5.54. The highest BCUT2D eigenvalue weighted by Gasteiger charge is 2.15. The Kier molecular flexibility index (Phi) is 3.28. The van der Waals surface area contributed by atoms with Crippen LogP contribution >= 0.6 is 0 Å². The molecule has 2 aromatic rings. The molecule has 88 valence electrons. The molecule has 0 radical (unpaired) electrons. The monoisotopic (exact) mass is 230 g/mol. The van der Waals surface area contributed by atoms with Gasteiger partial charge in [-0.1, -0.05) is 12.1 Å². The minimum Gasteiger partial charge on any atom is -0.493 e. The number of benzene rings is 1. The summed E-state index contributed by atoms with van der Waals surface area (Å²) < 4.78 is 10.6. The van der Waals surface area contributed by atoms with E-state index < -0.39 is 0 Å². The molecule has 0 amide bonds. The normalized spacial score (nSPS) is 10.2. The summed E-state index contributed by atoms with van der Waals surface area (Å²) in [4.78, 5) is 12.2. The van der Waals surface area contributed by atoms with E-state index in [-0.39, 0.29) is 5.78 Å². The van der Waals surface area contributed by atoms with Gasteiger partial charge in [0.15, 0.2) is 5.78 Å². The average Bonchev–Trinajstić information content (AvgIpc) is 2.76. The topological polar surface area (TPSA) is 39.4 Å². The summed E-state index contributed by atoms with van der Waals surface area (Å²) in [6.07, 6.45) is 1.47. The fourth-order valence-corrected chi connectivity index (χ4v) is 1.65. The molecule has 0 spiro atoms. The summed E-state index contributed by atoms with van der Waals surface area (Å²) in [5, 5.41) is 0. The van der Waals surface area contributed by atoms with Crippen LogP contribution in [0.25, 0.3) is 0 Å². The Balaban J connectivity index is 2.36. The van der Waals surface area contributed by atoms with E-state index in [2.05, 4.69) is 0 Å². The number of hydrogen-bond donors (Lipinski definition) is 0. The number of carbonyl (C=O) groups excluding carboxylic acids is 1. The number of para-hydroxylation sites is 1. The van der Waals surface area contributed by atoms with E-state index in [1.807, 2.05) is 26.0 Å². The zero-order valence-electron chi connectivity index (χ0n) is 9.90.